The number of aliphatic imine (C=N–C) groups is 1. The summed E-state index contributed by atoms with van der Waals surface area (Å²) in [6, 6.07) is 6.23. The predicted octanol–water partition coefficient (Wildman–Crippen LogP) is 3.08. The minimum atomic E-state index is 0. The summed E-state index contributed by atoms with van der Waals surface area (Å²) in [5.41, 5.74) is 4.24. The molecule has 7 nitrogen and oxygen atoms in total. The molecule has 3 heterocycles. The van der Waals surface area contributed by atoms with E-state index in [0.29, 0.717) is 13.3 Å². The molecular formula is C20H28IN5O2S. The Morgan fingerprint density at radius 2 is 2.00 bits per heavy atom. The van der Waals surface area contributed by atoms with Gasteiger partial charge in [0.25, 0.3) is 0 Å². The van der Waals surface area contributed by atoms with Gasteiger partial charge >= 0.3 is 0 Å². The molecule has 2 aromatic rings. The van der Waals surface area contributed by atoms with E-state index in [1.54, 1.807) is 11.3 Å². The van der Waals surface area contributed by atoms with E-state index in [1.165, 1.54) is 10.4 Å². The van der Waals surface area contributed by atoms with Gasteiger partial charge in [-0.1, -0.05) is 6.07 Å². The monoisotopic (exact) mass is 529 g/mol. The third-order valence-electron chi connectivity index (χ3n) is 5.07. The van der Waals surface area contributed by atoms with Gasteiger partial charge in [-0.05, 0) is 31.5 Å². The van der Waals surface area contributed by atoms with Gasteiger partial charge in [0.2, 0.25) is 6.79 Å². The van der Waals surface area contributed by atoms with Crippen LogP contribution in [0.5, 0.6) is 11.5 Å². The molecule has 0 atom stereocenters. The zero-order valence-electron chi connectivity index (χ0n) is 16.9. The summed E-state index contributed by atoms with van der Waals surface area (Å²) in [6.45, 7) is 10.9. The number of fused-ring (bicyclic) bond motifs is 1. The summed E-state index contributed by atoms with van der Waals surface area (Å²) in [4.78, 5) is 15.2. The fraction of sp³-hybridized carbons (Fsp3) is 0.500. The van der Waals surface area contributed by atoms with Crippen molar-refractivity contribution in [1.29, 1.82) is 0 Å². The van der Waals surface area contributed by atoms with Gasteiger partial charge in [-0.15, -0.1) is 35.3 Å². The highest BCUT2D eigenvalue weighted by atomic mass is 127. The van der Waals surface area contributed by atoms with Crippen molar-refractivity contribution in [3.63, 3.8) is 0 Å². The van der Waals surface area contributed by atoms with Crippen LogP contribution < -0.4 is 14.8 Å². The van der Waals surface area contributed by atoms with Gasteiger partial charge in [-0.3, -0.25) is 4.90 Å². The number of piperazine rings is 1. The SMILES string of the molecule is CCNC(=NCc1scnc1C)N1CCN(Cc2ccc3c(c2)OCO3)CC1.I. The molecule has 4 rings (SSSR count). The minimum Gasteiger partial charge on any atom is -0.454 e. The molecule has 2 aliphatic heterocycles. The lowest BCUT2D eigenvalue weighted by atomic mass is 10.1. The van der Waals surface area contributed by atoms with Crippen molar-refractivity contribution in [2.75, 3.05) is 39.5 Å². The molecule has 1 N–H and O–H groups in total. The smallest absolute Gasteiger partial charge is 0.231 e. The first-order valence-corrected chi connectivity index (χ1v) is 10.6. The maximum atomic E-state index is 5.49. The summed E-state index contributed by atoms with van der Waals surface area (Å²) >= 11 is 1.67. The molecule has 0 saturated carbocycles. The van der Waals surface area contributed by atoms with E-state index >= 15 is 0 Å². The molecule has 158 valence electrons. The normalized spacial score (nSPS) is 16.6. The number of guanidine groups is 1. The molecule has 0 bridgehead atoms. The number of ether oxygens (including phenoxy) is 2. The summed E-state index contributed by atoms with van der Waals surface area (Å²) in [6.07, 6.45) is 0. The molecule has 0 amide bonds. The first-order chi connectivity index (χ1) is 13.7. The Morgan fingerprint density at radius 3 is 2.72 bits per heavy atom. The molecule has 1 saturated heterocycles. The van der Waals surface area contributed by atoms with Crippen molar-refractivity contribution in [3.8, 4) is 11.5 Å². The number of aryl methyl sites for hydroxylation is 1. The number of nitrogens with zero attached hydrogens (tertiary/aromatic N) is 4. The van der Waals surface area contributed by atoms with Crippen LogP contribution in [0.25, 0.3) is 0 Å². The zero-order chi connectivity index (χ0) is 19.3. The number of hydrogen-bond donors (Lipinski definition) is 1. The molecule has 1 aromatic heterocycles. The Bertz CT molecular complexity index is 836. The average molecular weight is 529 g/mol. The van der Waals surface area contributed by atoms with Crippen molar-refractivity contribution in [2.24, 2.45) is 4.99 Å². The molecular weight excluding hydrogens is 501 g/mol. The van der Waals surface area contributed by atoms with E-state index in [1.807, 2.05) is 18.5 Å². The Hall–Kier alpha value is -1.59. The fourth-order valence-corrected chi connectivity index (χ4v) is 4.17. The Labute approximate surface area is 193 Å². The van der Waals surface area contributed by atoms with Gasteiger partial charge in [0.05, 0.1) is 17.7 Å². The Morgan fingerprint density at radius 1 is 1.21 bits per heavy atom. The van der Waals surface area contributed by atoms with Crippen LogP contribution in [0.2, 0.25) is 0 Å². The molecule has 2 aliphatic rings. The number of benzene rings is 1. The number of thiazole rings is 1. The second kappa shape index (κ2) is 10.4. The topological polar surface area (TPSA) is 62.2 Å². The average Bonchev–Trinajstić information content (AvgIpc) is 3.34. The van der Waals surface area contributed by atoms with Crippen LogP contribution in [0.4, 0.5) is 0 Å². The molecule has 1 fully saturated rings. The van der Waals surface area contributed by atoms with Crippen molar-refractivity contribution in [3.05, 3.63) is 39.8 Å². The molecule has 29 heavy (non-hydrogen) atoms. The number of aromatic nitrogens is 1. The van der Waals surface area contributed by atoms with E-state index in [0.717, 1.165) is 62.4 Å². The molecule has 0 radical (unpaired) electrons. The summed E-state index contributed by atoms with van der Waals surface area (Å²) in [5, 5.41) is 3.44. The van der Waals surface area contributed by atoms with Gasteiger partial charge in [-0.2, -0.15) is 0 Å². The van der Waals surface area contributed by atoms with Gasteiger partial charge < -0.3 is 19.7 Å². The van der Waals surface area contributed by atoms with Crippen LogP contribution in [0.3, 0.4) is 0 Å². The zero-order valence-corrected chi connectivity index (χ0v) is 20.0. The highest BCUT2D eigenvalue weighted by Crippen LogP contribution is 2.32. The lowest BCUT2D eigenvalue weighted by Crippen LogP contribution is -2.52. The van der Waals surface area contributed by atoms with Gasteiger partial charge in [-0.25, -0.2) is 9.98 Å². The second-order valence-corrected chi connectivity index (χ2v) is 7.92. The number of nitrogens with one attached hydrogen (secondary N) is 1. The van der Waals surface area contributed by atoms with Crippen LogP contribution in [0.1, 0.15) is 23.1 Å². The highest BCUT2D eigenvalue weighted by molar-refractivity contribution is 14.0. The maximum Gasteiger partial charge on any atom is 0.231 e. The lowest BCUT2D eigenvalue weighted by Gasteiger charge is -2.36. The summed E-state index contributed by atoms with van der Waals surface area (Å²) < 4.78 is 10.9. The lowest BCUT2D eigenvalue weighted by molar-refractivity contribution is 0.171. The summed E-state index contributed by atoms with van der Waals surface area (Å²) in [7, 11) is 0. The quantitative estimate of drug-likeness (QED) is 0.365. The third kappa shape index (κ3) is 5.52. The minimum absolute atomic E-state index is 0. The van der Waals surface area contributed by atoms with Crippen LogP contribution in [-0.4, -0.2) is 60.3 Å². The Balaban J connectivity index is 0.00000240. The highest BCUT2D eigenvalue weighted by Gasteiger charge is 2.21. The molecule has 0 aliphatic carbocycles. The number of rotatable bonds is 5. The second-order valence-electron chi connectivity index (χ2n) is 6.98. The maximum absolute atomic E-state index is 5.49. The van der Waals surface area contributed by atoms with Crippen LogP contribution in [0.15, 0.2) is 28.7 Å². The standard InChI is InChI=1S/C20H27N5O2S.HI/c1-3-21-20(22-11-19-15(2)23-13-28-19)25-8-6-24(7-9-25)12-16-4-5-17-18(10-16)27-14-26-17;/h4-5,10,13H,3,6-9,11-12,14H2,1-2H3,(H,21,22);1H. The molecule has 0 spiro atoms. The molecule has 1 aromatic carbocycles. The van der Waals surface area contributed by atoms with Gasteiger partial charge in [0.15, 0.2) is 17.5 Å². The van der Waals surface area contributed by atoms with Gasteiger partial charge in [0, 0.05) is 44.1 Å². The summed E-state index contributed by atoms with van der Waals surface area (Å²) in [5.74, 6) is 2.70. The van der Waals surface area contributed by atoms with Crippen molar-refractivity contribution in [2.45, 2.75) is 26.9 Å². The van der Waals surface area contributed by atoms with Crippen molar-refractivity contribution >= 4 is 41.3 Å². The predicted molar refractivity (Wildman–Crippen MR) is 126 cm³/mol. The van der Waals surface area contributed by atoms with E-state index in [-0.39, 0.29) is 24.0 Å². The van der Waals surface area contributed by atoms with Gasteiger partial charge in [0.1, 0.15) is 0 Å². The van der Waals surface area contributed by atoms with Crippen LogP contribution in [0, 0.1) is 6.92 Å². The van der Waals surface area contributed by atoms with Crippen molar-refractivity contribution in [1.82, 2.24) is 20.1 Å². The Kier molecular flexibility index (Phi) is 7.96. The fourth-order valence-electron chi connectivity index (χ4n) is 3.47. The van der Waals surface area contributed by atoms with Crippen LogP contribution >= 0.6 is 35.3 Å². The van der Waals surface area contributed by atoms with Crippen molar-refractivity contribution < 1.29 is 9.47 Å². The van der Waals surface area contributed by atoms with E-state index in [2.05, 4.69) is 39.2 Å². The molecule has 9 heteroatoms. The first kappa shape index (κ1) is 22.1. The first-order valence-electron chi connectivity index (χ1n) is 9.76. The molecule has 0 unspecified atom stereocenters. The number of hydrogen-bond acceptors (Lipinski definition) is 6. The number of halogens is 1. The van der Waals surface area contributed by atoms with E-state index in [9.17, 15) is 0 Å². The third-order valence-corrected chi connectivity index (χ3v) is 5.99. The largest absolute Gasteiger partial charge is 0.454 e. The van der Waals surface area contributed by atoms with E-state index < -0.39 is 0 Å². The van der Waals surface area contributed by atoms with Crippen LogP contribution in [-0.2, 0) is 13.1 Å². The van der Waals surface area contributed by atoms with E-state index in [4.69, 9.17) is 14.5 Å².